The zero-order valence-corrected chi connectivity index (χ0v) is 5.43. The second-order valence-electron chi connectivity index (χ2n) is 1.58. The summed E-state index contributed by atoms with van der Waals surface area (Å²) in [7, 11) is 0. The Kier molecular flexibility index (Phi) is 10.0. The van der Waals surface area contributed by atoms with Crippen molar-refractivity contribution in [1.29, 1.82) is 0 Å². The van der Waals surface area contributed by atoms with Crippen molar-refractivity contribution in [3.05, 3.63) is 0 Å². The third kappa shape index (κ3) is 7.80. The van der Waals surface area contributed by atoms with Gasteiger partial charge in [0.15, 0.2) is 0 Å². The third-order valence-corrected chi connectivity index (χ3v) is 0.805. The first-order valence-electron chi connectivity index (χ1n) is 2.70. The molecule has 5 heteroatoms. The van der Waals surface area contributed by atoms with Crippen LogP contribution in [0.15, 0.2) is 0 Å². The highest BCUT2D eigenvalue weighted by molar-refractivity contribution is 4.57. The van der Waals surface area contributed by atoms with E-state index in [9.17, 15) is 0 Å². The lowest BCUT2D eigenvalue weighted by molar-refractivity contribution is 0.543. The van der Waals surface area contributed by atoms with Crippen molar-refractivity contribution in [1.82, 2.24) is 5.32 Å². The van der Waals surface area contributed by atoms with Gasteiger partial charge in [0.1, 0.15) is 0 Å². The van der Waals surface area contributed by atoms with Crippen LogP contribution in [0.25, 0.3) is 0 Å². The van der Waals surface area contributed by atoms with Gasteiger partial charge >= 0.3 is 0 Å². The molecule has 0 aromatic heterocycles. The average molecular weight is 136 g/mol. The van der Waals surface area contributed by atoms with Crippen molar-refractivity contribution in [3.63, 3.8) is 0 Å². The van der Waals surface area contributed by atoms with Crippen LogP contribution in [-0.4, -0.2) is 31.3 Å². The molecule has 0 rings (SSSR count). The Balaban J connectivity index is 0. The molecular formula is C4H16N4O. The summed E-state index contributed by atoms with van der Waals surface area (Å²) in [5.74, 6) is 0. The lowest BCUT2D eigenvalue weighted by Gasteiger charge is -2.08. The standard InChI is InChI=1S/C4H14N4.H2O/c5-1-2-8-4(7)3-6;/h4,8H,1-3,5-7H2;1H2. The monoisotopic (exact) mass is 136 g/mol. The van der Waals surface area contributed by atoms with E-state index in [2.05, 4.69) is 5.32 Å². The predicted octanol–water partition coefficient (Wildman–Crippen LogP) is -3.05. The van der Waals surface area contributed by atoms with Gasteiger partial charge in [-0.3, -0.25) is 5.32 Å². The molecule has 58 valence electrons. The van der Waals surface area contributed by atoms with E-state index < -0.39 is 0 Å². The summed E-state index contributed by atoms with van der Waals surface area (Å²) in [5, 5.41) is 2.91. The summed E-state index contributed by atoms with van der Waals surface area (Å²) in [4.78, 5) is 0. The van der Waals surface area contributed by atoms with E-state index in [-0.39, 0.29) is 11.6 Å². The number of nitrogens with two attached hydrogens (primary N) is 3. The third-order valence-electron chi connectivity index (χ3n) is 0.805. The predicted molar refractivity (Wildman–Crippen MR) is 37.7 cm³/mol. The van der Waals surface area contributed by atoms with Gasteiger partial charge in [0.2, 0.25) is 0 Å². The van der Waals surface area contributed by atoms with E-state index >= 15 is 0 Å². The van der Waals surface area contributed by atoms with Crippen molar-refractivity contribution in [2.45, 2.75) is 6.17 Å². The van der Waals surface area contributed by atoms with E-state index in [1.807, 2.05) is 0 Å². The summed E-state index contributed by atoms with van der Waals surface area (Å²) >= 11 is 0. The van der Waals surface area contributed by atoms with Crippen molar-refractivity contribution < 1.29 is 5.48 Å². The Morgan fingerprint density at radius 1 is 1.33 bits per heavy atom. The lowest BCUT2D eigenvalue weighted by Crippen LogP contribution is -2.45. The summed E-state index contributed by atoms with van der Waals surface area (Å²) in [6, 6.07) is 0. The summed E-state index contributed by atoms with van der Waals surface area (Å²) in [6.45, 7) is 1.80. The zero-order chi connectivity index (χ0) is 6.41. The van der Waals surface area contributed by atoms with Gasteiger partial charge in [-0.1, -0.05) is 0 Å². The van der Waals surface area contributed by atoms with Crippen LogP contribution in [-0.2, 0) is 0 Å². The van der Waals surface area contributed by atoms with Gasteiger partial charge in [-0.2, -0.15) is 0 Å². The second-order valence-corrected chi connectivity index (χ2v) is 1.58. The van der Waals surface area contributed by atoms with Gasteiger partial charge in [-0.25, -0.2) is 0 Å². The summed E-state index contributed by atoms with van der Waals surface area (Å²) in [5.41, 5.74) is 15.7. The van der Waals surface area contributed by atoms with Crippen LogP contribution in [0.3, 0.4) is 0 Å². The Hall–Kier alpha value is -0.200. The first-order chi connectivity index (χ1) is 3.81. The largest absolute Gasteiger partial charge is 0.412 e. The molecule has 0 heterocycles. The van der Waals surface area contributed by atoms with E-state index in [1.165, 1.54) is 0 Å². The van der Waals surface area contributed by atoms with Gasteiger partial charge in [-0.15, -0.1) is 0 Å². The molecule has 1 unspecified atom stereocenters. The molecule has 1 atom stereocenters. The van der Waals surface area contributed by atoms with Gasteiger partial charge < -0.3 is 22.7 Å². The van der Waals surface area contributed by atoms with Crippen molar-refractivity contribution in [3.8, 4) is 0 Å². The Labute approximate surface area is 54.9 Å². The van der Waals surface area contributed by atoms with E-state index in [0.29, 0.717) is 13.1 Å². The molecule has 0 bridgehead atoms. The SMILES string of the molecule is NCCNC(N)CN.O. The van der Waals surface area contributed by atoms with Gasteiger partial charge in [0.05, 0.1) is 6.17 Å². The average Bonchev–Trinajstić information content (AvgIpc) is 1.83. The molecule has 0 aromatic carbocycles. The normalized spacial score (nSPS) is 12.3. The zero-order valence-electron chi connectivity index (χ0n) is 5.43. The van der Waals surface area contributed by atoms with Crippen LogP contribution in [0.5, 0.6) is 0 Å². The minimum Gasteiger partial charge on any atom is -0.412 e. The molecule has 9 N–H and O–H groups in total. The molecule has 0 aromatic rings. The van der Waals surface area contributed by atoms with Gasteiger partial charge in [0.25, 0.3) is 0 Å². The molecule has 0 fully saturated rings. The maximum Gasteiger partial charge on any atom is 0.0673 e. The summed E-state index contributed by atoms with van der Waals surface area (Å²) < 4.78 is 0. The molecule has 0 aliphatic heterocycles. The van der Waals surface area contributed by atoms with Crippen molar-refractivity contribution in [2.75, 3.05) is 19.6 Å². The van der Waals surface area contributed by atoms with E-state index in [4.69, 9.17) is 17.2 Å². The molecule has 0 amide bonds. The highest BCUT2D eigenvalue weighted by atomic mass is 16.0. The molecule has 0 aliphatic carbocycles. The first-order valence-corrected chi connectivity index (χ1v) is 2.70. The Bertz CT molecular complexity index is 51.8. The molecule has 9 heavy (non-hydrogen) atoms. The molecule has 0 aliphatic rings. The second kappa shape index (κ2) is 7.80. The van der Waals surface area contributed by atoms with Crippen LogP contribution >= 0.6 is 0 Å². The molecule has 0 radical (unpaired) electrons. The Morgan fingerprint density at radius 3 is 2.22 bits per heavy atom. The molecular weight excluding hydrogens is 120 g/mol. The van der Waals surface area contributed by atoms with Crippen molar-refractivity contribution in [2.24, 2.45) is 17.2 Å². The minimum absolute atomic E-state index is 0. The minimum atomic E-state index is -0.0986. The maximum absolute atomic E-state index is 5.37. The fourth-order valence-electron chi connectivity index (χ4n) is 0.352. The maximum atomic E-state index is 5.37. The molecule has 0 spiro atoms. The van der Waals surface area contributed by atoms with Crippen LogP contribution in [0.2, 0.25) is 0 Å². The van der Waals surface area contributed by atoms with Crippen LogP contribution in [0.4, 0.5) is 0 Å². The van der Waals surface area contributed by atoms with Crippen LogP contribution in [0, 0.1) is 0 Å². The fraction of sp³-hybridized carbons (Fsp3) is 1.00. The van der Waals surface area contributed by atoms with Crippen LogP contribution < -0.4 is 22.5 Å². The number of hydrogen-bond acceptors (Lipinski definition) is 4. The summed E-state index contributed by atoms with van der Waals surface area (Å²) in [6.07, 6.45) is -0.0986. The van der Waals surface area contributed by atoms with Gasteiger partial charge in [-0.05, 0) is 0 Å². The number of nitrogens with one attached hydrogen (secondary N) is 1. The van der Waals surface area contributed by atoms with Crippen LogP contribution in [0.1, 0.15) is 0 Å². The number of hydrogen-bond donors (Lipinski definition) is 4. The topological polar surface area (TPSA) is 122 Å². The molecule has 5 nitrogen and oxygen atoms in total. The van der Waals surface area contributed by atoms with Gasteiger partial charge in [0, 0.05) is 19.6 Å². The van der Waals surface area contributed by atoms with Crippen molar-refractivity contribution >= 4 is 0 Å². The first kappa shape index (κ1) is 11.6. The molecule has 0 saturated heterocycles. The fourth-order valence-corrected chi connectivity index (χ4v) is 0.352. The van der Waals surface area contributed by atoms with E-state index in [0.717, 1.165) is 6.54 Å². The highest BCUT2D eigenvalue weighted by Gasteiger charge is 1.92. The lowest BCUT2D eigenvalue weighted by atomic mass is 10.5. The molecule has 0 saturated carbocycles. The van der Waals surface area contributed by atoms with E-state index in [1.54, 1.807) is 0 Å². The smallest absolute Gasteiger partial charge is 0.0673 e. The Morgan fingerprint density at radius 2 is 1.89 bits per heavy atom. The quantitative estimate of drug-likeness (QED) is 0.307. The number of rotatable bonds is 4. The highest BCUT2D eigenvalue weighted by Crippen LogP contribution is 1.60.